The molecule has 0 heterocycles. The minimum atomic E-state index is -0.564. The number of benzene rings is 3. The smallest absolute Gasteiger partial charge is 0.411 e. The lowest BCUT2D eigenvalue weighted by Gasteiger charge is -2.37. The zero-order valence-corrected chi connectivity index (χ0v) is 23.4. The molecule has 5 nitrogen and oxygen atoms in total. The molecule has 4 rings (SSSR count). The van der Waals surface area contributed by atoms with E-state index in [1.807, 2.05) is 38.7 Å². The molecule has 0 unspecified atom stereocenters. The molecule has 3 aromatic carbocycles. The maximum Gasteiger partial charge on any atom is 0.411 e. The Morgan fingerprint density at radius 3 is 2.39 bits per heavy atom. The Labute approximate surface area is 227 Å². The van der Waals surface area contributed by atoms with E-state index in [9.17, 15) is 9.59 Å². The normalized spacial score (nSPS) is 18.2. The van der Waals surface area contributed by atoms with Crippen LogP contribution in [0.2, 0.25) is 0 Å². The highest BCUT2D eigenvalue weighted by Gasteiger charge is 2.38. The maximum absolute atomic E-state index is 13.6. The van der Waals surface area contributed by atoms with Gasteiger partial charge >= 0.3 is 12.1 Å². The zero-order valence-electron chi connectivity index (χ0n) is 23.4. The van der Waals surface area contributed by atoms with E-state index in [1.165, 1.54) is 16.3 Å². The van der Waals surface area contributed by atoms with Crippen LogP contribution in [0.15, 0.2) is 66.7 Å². The molecule has 0 radical (unpaired) electrons. The molecule has 5 heteroatoms. The molecule has 1 saturated carbocycles. The number of amides is 1. The Kier molecular flexibility index (Phi) is 8.76. The average Bonchev–Trinajstić information content (AvgIpc) is 3.36. The molecule has 0 saturated heterocycles. The summed E-state index contributed by atoms with van der Waals surface area (Å²) in [5.74, 6) is 0.224. The predicted octanol–water partition coefficient (Wildman–Crippen LogP) is 7.97. The lowest BCUT2D eigenvalue weighted by Crippen LogP contribution is -2.44. The third-order valence-electron chi connectivity index (χ3n) is 7.47. The van der Waals surface area contributed by atoms with E-state index in [-0.39, 0.29) is 24.1 Å². The first kappa shape index (κ1) is 27.7. The number of esters is 1. The van der Waals surface area contributed by atoms with E-state index in [4.69, 9.17) is 9.47 Å². The third-order valence-corrected chi connectivity index (χ3v) is 7.47. The second-order valence-electron chi connectivity index (χ2n) is 11.3. The van der Waals surface area contributed by atoms with Gasteiger partial charge in [-0.3, -0.25) is 9.69 Å². The fourth-order valence-corrected chi connectivity index (χ4v) is 5.65. The number of rotatable bonds is 8. The van der Waals surface area contributed by atoms with Gasteiger partial charge in [-0.25, -0.2) is 4.79 Å². The number of hydrogen-bond acceptors (Lipinski definition) is 4. The molecule has 3 aromatic rings. The van der Waals surface area contributed by atoms with Gasteiger partial charge in [0.25, 0.3) is 0 Å². The molecule has 38 heavy (non-hydrogen) atoms. The highest BCUT2D eigenvalue weighted by Crippen LogP contribution is 2.41. The van der Waals surface area contributed by atoms with E-state index in [0.29, 0.717) is 25.4 Å². The van der Waals surface area contributed by atoms with E-state index < -0.39 is 5.60 Å². The van der Waals surface area contributed by atoms with E-state index in [2.05, 4.69) is 67.6 Å². The Balaban J connectivity index is 1.53. The molecular weight excluding hydrogens is 474 g/mol. The van der Waals surface area contributed by atoms with Gasteiger partial charge in [0.2, 0.25) is 0 Å². The van der Waals surface area contributed by atoms with Crippen LogP contribution >= 0.6 is 0 Å². The topological polar surface area (TPSA) is 55.8 Å². The minimum Gasteiger partial charge on any atom is -0.466 e. The lowest BCUT2D eigenvalue weighted by atomic mass is 9.94. The highest BCUT2D eigenvalue weighted by atomic mass is 16.6. The van der Waals surface area contributed by atoms with Crippen molar-refractivity contribution >= 4 is 22.8 Å². The van der Waals surface area contributed by atoms with Crippen molar-refractivity contribution in [3.8, 4) is 0 Å². The van der Waals surface area contributed by atoms with Crippen LogP contribution in [0.25, 0.3) is 10.8 Å². The number of fused-ring (bicyclic) bond motifs is 1. The van der Waals surface area contributed by atoms with E-state index >= 15 is 0 Å². The van der Waals surface area contributed by atoms with Crippen LogP contribution in [0, 0.1) is 0 Å². The molecule has 0 aliphatic heterocycles. The second kappa shape index (κ2) is 12.0. The summed E-state index contributed by atoms with van der Waals surface area (Å²) in [6, 6.07) is 23.2. The Morgan fingerprint density at radius 2 is 1.68 bits per heavy atom. The Morgan fingerprint density at radius 1 is 0.974 bits per heavy atom. The summed E-state index contributed by atoms with van der Waals surface area (Å²) in [6.45, 7) is 10.1. The van der Waals surface area contributed by atoms with Crippen LogP contribution in [0.5, 0.6) is 0 Å². The number of carbonyl (C=O) groups is 2. The summed E-state index contributed by atoms with van der Waals surface area (Å²) >= 11 is 0. The fraction of sp³-hybridized carbons (Fsp3) is 0.455. The van der Waals surface area contributed by atoms with Gasteiger partial charge in [-0.15, -0.1) is 0 Å². The average molecular weight is 516 g/mol. The van der Waals surface area contributed by atoms with Crippen LogP contribution in [0.4, 0.5) is 4.79 Å². The zero-order chi connectivity index (χ0) is 27.3. The quantitative estimate of drug-likeness (QED) is 0.286. The van der Waals surface area contributed by atoms with Crippen LogP contribution < -0.4 is 0 Å². The van der Waals surface area contributed by atoms with Crippen molar-refractivity contribution in [1.82, 2.24) is 4.90 Å². The molecule has 0 aromatic heterocycles. The molecule has 3 atom stereocenters. The highest BCUT2D eigenvalue weighted by molar-refractivity contribution is 5.86. The van der Waals surface area contributed by atoms with Gasteiger partial charge < -0.3 is 9.47 Å². The third kappa shape index (κ3) is 6.75. The molecular formula is C33H41NO4. The van der Waals surface area contributed by atoms with E-state index in [1.54, 1.807) is 0 Å². The molecule has 1 aliphatic carbocycles. The summed E-state index contributed by atoms with van der Waals surface area (Å²) in [7, 11) is 0. The summed E-state index contributed by atoms with van der Waals surface area (Å²) in [5.41, 5.74) is 3.00. The lowest BCUT2D eigenvalue weighted by molar-refractivity contribution is -0.143. The number of aryl methyl sites for hydroxylation is 1. The van der Waals surface area contributed by atoms with Crippen molar-refractivity contribution in [2.75, 3.05) is 6.61 Å². The maximum atomic E-state index is 13.6. The van der Waals surface area contributed by atoms with Crippen molar-refractivity contribution in [3.63, 3.8) is 0 Å². The SMILES string of the molecule is CCOC(=O)CCc1ccc([C@@H]2CC[C@H](N(C(=O)OC(C)(C)C)[C@H](C)c3cccc4ccccc34)C2)cc1. The summed E-state index contributed by atoms with van der Waals surface area (Å²) in [5, 5.41) is 2.34. The van der Waals surface area contributed by atoms with Crippen LogP contribution in [-0.4, -0.2) is 35.2 Å². The Hall–Kier alpha value is -3.34. The van der Waals surface area contributed by atoms with Gasteiger partial charge in [0.1, 0.15) is 5.60 Å². The Bertz CT molecular complexity index is 1240. The fourth-order valence-electron chi connectivity index (χ4n) is 5.65. The number of hydrogen-bond donors (Lipinski definition) is 0. The van der Waals surface area contributed by atoms with Crippen LogP contribution in [0.1, 0.15) is 89.0 Å². The van der Waals surface area contributed by atoms with Crippen LogP contribution in [-0.2, 0) is 20.7 Å². The molecule has 0 spiro atoms. The molecule has 0 N–H and O–H groups in total. The predicted molar refractivity (Wildman–Crippen MR) is 152 cm³/mol. The van der Waals surface area contributed by atoms with E-state index in [0.717, 1.165) is 30.4 Å². The van der Waals surface area contributed by atoms with Gasteiger partial charge in [-0.2, -0.15) is 0 Å². The first-order valence-corrected chi connectivity index (χ1v) is 13.9. The minimum absolute atomic E-state index is 0.0901. The monoisotopic (exact) mass is 515 g/mol. The van der Waals surface area contributed by atoms with Crippen LogP contribution in [0.3, 0.4) is 0 Å². The second-order valence-corrected chi connectivity index (χ2v) is 11.3. The van der Waals surface area contributed by atoms with Crippen molar-refractivity contribution in [2.24, 2.45) is 0 Å². The first-order valence-electron chi connectivity index (χ1n) is 13.9. The number of carbonyl (C=O) groups excluding carboxylic acids is 2. The molecule has 0 bridgehead atoms. The largest absolute Gasteiger partial charge is 0.466 e. The molecule has 1 amide bonds. The van der Waals surface area contributed by atoms with Crippen molar-refractivity contribution in [3.05, 3.63) is 83.4 Å². The standard InChI is InChI=1S/C33H41NO4/c1-6-37-31(35)21-16-24-14-17-25(18-15-24)27-19-20-28(22-27)34(32(36)38-33(3,4)5)23(2)29-13-9-11-26-10-7-8-12-30(26)29/h7-15,17-18,23,27-28H,6,16,19-22H2,1-5H3/t23-,27-,28+/m1/s1. The number of ether oxygens (including phenoxy) is 2. The van der Waals surface area contributed by atoms with Gasteiger partial charge in [0.15, 0.2) is 0 Å². The summed E-state index contributed by atoms with van der Waals surface area (Å²) < 4.78 is 11.0. The van der Waals surface area contributed by atoms with Gasteiger partial charge in [-0.05, 0) is 93.7 Å². The summed E-state index contributed by atoms with van der Waals surface area (Å²) in [4.78, 5) is 27.3. The summed E-state index contributed by atoms with van der Waals surface area (Å²) in [6.07, 6.45) is 3.68. The van der Waals surface area contributed by atoms with Gasteiger partial charge in [0.05, 0.1) is 12.6 Å². The van der Waals surface area contributed by atoms with Crippen molar-refractivity contribution in [2.45, 2.75) is 90.3 Å². The van der Waals surface area contributed by atoms with Gasteiger partial charge in [-0.1, -0.05) is 66.7 Å². The van der Waals surface area contributed by atoms with Crippen molar-refractivity contribution in [1.29, 1.82) is 0 Å². The van der Waals surface area contributed by atoms with Gasteiger partial charge in [0, 0.05) is 12.5 Å². The molecule has 1 fully saturated rings. The molecule has 1 aliphatic rings. The number of nitrogens with zero attached hydrogens (tertiary/aromatic N) is 1. The first-order chi connectivity index (χ1) is 18.2. The van der Waals surface area contributed by atoms with Crippen molar-refractivity contribution < 1.29 is 19.1 Å². The molecule has 202 valence electrons.